The lowest BCUT2D eigenvalue weighted by Crippen LogP contribution is -2.46. The van der Waals surface area contributed by atoms with Crippen LogP contribution in [0, 0.1) is 5.92 Å². The molecule has 0 heterocycles. The number of hydrogen-bond acceptors (Lipinski definition) is 2. The Hall–Kier alpha value is -0.0400. The van der Waals surface area contributed by atoms with Crippen molar-refractivity contribution in [1.29, 1.82) is 0 Å². The van der Waals surface area contributed by atoms with Crippen LogP contribution < -0.4 is 5.32 Å². The molecule has 1 rings (SSSR count). The molecule has 0 radical (unpaired) electrons. The number of likely N-dealkylation sites (N-methyl/N-ethyl adjacent to an activating group) is 1. The first-order valence-corrected chi connectivity index (χ1v) is 7.18. The summed E-state index contributed by atoms with van der Waals surface area (Å²) < 4.78 is 0. The number of guanidine groups is 1. The first-order chi connectivity index (χ1) is 8.60. The molecule has 1 aliphatic carbocycles. The average Bonchev–Trinajstić information content (AvgIpc) is 3.15. The quantitative estimate of drug-likeness (QED) is 0.416. The van der Waals surface area contributed by atoms with Crippen molar-refractivity contribution < 1.29 is 0 Å². The van der Waals surface area contributed by atoms with Gasteiger partial charge in [-0.15, -0.1) is 24.0 Å². The summed E-state index contributed by atoms with van der Waals surface area (Å²) >= 11 is 0. The Kier molecular flexibility index (Phi) is 9.78. The van der Waals surface area contributed by atoms with E-state index in [1.165, 1.54) is 25.7 Å². The molecule has 1 unspecified atom stereocenters. The van der Waals surface area contributed by atoms with Crippen LogP contribution in [0.5, 0.6) is 0 Å². The zero-order chi connectivity index (χ0) is 13.5. The van der Waals surface area contributed by atoms with Gasteiger partial charge in [0.15, 0.2) is 5.96 Å². The fourth-order valence-electron chi connectivity index (χ4n) is 2.33. The van der Waals surface area contributed by atoms with Gasteiger partial charge >= 0.3 is 0 Å². The predicted molar refractivity (Wildman–Crippen MR) is 94.5 cm³/mol. The normalized spacial score (nSPS) is 17.1. The molecule has 0 aromatic heterocycles. The van der Waals surface area contributed by atoms with E-state index < -0.39 is 0 Å². The van der Waals surface area contributed by atoms with Crippen LogP contribution in [0.25, 0.3) is 0 Å². The summed E-state index contributed by atoms with van der Waals surface area (Å²) in [5, 5.41) is 3.52. The van der Waals surface area contributed by atoms with Crippen molar-refractivity contribution in [3.63, 3.8) is 0 Å². The predicted octanol–water partition coefficient (Wildman–Crippen LogP) is 2.25. The molecule has 5 heteroatoms. The molecule has 0 spiro atoms. The molecular formula is C14H31IN4. The maximum absolute atomic E-state index is 4.36. The zero-order valence-electron chi connectivity index (χ0n) is 13.1. The van der Waals surface area contributed by atoms with E-state index in [1.54, 1.807) is 0 Å². The van der Waals surface area contributed by atoms with Gasteiger partial charge in [-0.2, -0.15) is 0 Å². The van der Waals surface area contributed by atoms with E-state index in [0.717, 1.165) is 25.0 Å². The van der Waals surface area contributed by atoms with E-state index in [0.29, 0.717) is 6.04 Å². The molecule has 1 N–H and O–H groups in total. The fraction of sp³-hybridized carbons (Fsp3) is 0.929. The second-order valence-electron chi connectivity index (χ2n) is 5.57. The summed E-state index contributed by atoms with van der Waals surface area (Å²) in [6.45, 7) is 4.30. The van der Waals surface area contributed by atoms with Crippen LogP contribution in [0.15, 0.2) is 4.99 Å². The third-order valence-electron chi connectivity index (χ3n) is 3.72. The Morgan fingerprint density at radius 3 is 2.37 bits per heavy atom. The highest BCUT2D eigenvalue weighted by Gasteiger charge is 2.32. The smallest absolute Gasteiger partial charge is 0.193 e. The molecule has 19 heavy (non-hydrogen) atoms. The highest BCUT2D eigenvalue weighted by atomic mass is 127. The highest BCUT2D eigenvalue weighted by molar-refractivity contribution is 14.0. The van der Waals surface area contributed by atoms with Crippen LogP contribution in [0.4, 0.5) is 0 Å². The van der Waals surface area contributed by atoms with E-state index in [4.69, 9.17) is 0 Å². The topological polar surface area (TPSA) is 30.9 Å². The van der Waals surface area contributed by atoms with Crippen molar-refractivity contribution in [2.75, 3.05) is 41.3 Å². The number of nitrogens with zero attached hydrogens (tertiary/aromatic N) is 3. The van der Waals surface area contributed by atoms with Gasteiger partial charge in [-0.1, -0.05) is 13.3 Å². The van der Waals surface area contributed by atoms with Gasteiger partial charge in [-0.3, -0.25) is 4.99 Å². The van der Waals surface area contributed by atoms with Crippen molar-refractivity contribution >= 4 is 29.9 Å². The van der Waals surface area contributed by atoms with Gasteiger partial charge in [0.1, 0.15) is 0 Å². The van der Waals surface area contributed by atoms with Crippen LogP contribution >= 0.6 is 24.0 Å². The molecule has 1 atom stereocenters. The van der Waals surface area contributed by atoms with Crippen molar-refractivity contribution in [1.82, 2.24) is 15.1 Å². The zero-order valence-corrected chi connectivity index (χ0v) is 15.5. The molecule has 0 saturated heterocycles. The number of nitrogens with one attached hydrogen (secondary N) is 1. The fourth-order valence-corrected chi connectivity index (χ4v) is 2.33. The van der Waals surface area contributed by atoms with E-state index in [-0.39, 0.29) is 24.0 Å². The number of aliphatic imine (C=N–C) groups is 1. The van der Waals surface area contributed by atoms with Crippen molar-refractivity contribution in [2.45, 2.75) is 38.6 Å². The van der Waals surface area contributed by atoms with E-state index >= 15 is 0 Å². The Bertz CT molecular complexity index is 262. The molecule has 0 aliphatic heterocycles. The second-order valence-corrected chi connectivity index (χ2v) is 5.57. The lowest BCUT2D eigenvalue weighted by molar-refractivity contribution is 0.262. The Labute approximate surface area is 136 Å². The standard InChI is InChI=1S/C14H30N4.HI/c1-6-7-10-18(5)14(15-2)16-11-13(17(3)4)12-8-9-12;/h12-13H,6-11H2,1-5H3,(H,15,16);1H. The molecule has 4 nitrogen and oxygen atoms in total. The Balaban J connectivity index is 0.00000324. The summed E-state index contributed by atoms with van der Waals surface area (Å²) in [6.07, 6.45) is 5.21. The van der Waals surface area contributed by atoms with Gasteiger partial charge in [0.2, 0.25) is 0 Å². The molecular weight excluding hydrogens is 351 g/mol. The summed E-state index contributed by atoms with van der Waals surface area (Å²) in [5.74, 6) is 1.91. The van der Waals surface area contributed by atoms with Gasteiger partial charge in [0.05, 0.1) is 0 Å². The van der Waals surface area contributed by atoms with Gasteiger partial charge < -0.3 is 15.1 Å². The molecule has 0 aromatic carbocycles. The molecule has 1 fully saturated rings. The maximum Gasteiger partial charge on any atom is 0.193 e. The van der Waals surface area contributed by atoms with Crippen molar-refractivity contribution in [3.8, 4) is 0 Å². The van der Waals surface area contributed by atoms with E-state index in [2.05, 4.69) is 48.2 Å². The maximum atomic E-state index is 4.36. The van der Waals surface area contributed by atoms with E-state index in [1.807, 2.05) is 7.05 Å². The molecule has 1 aliphatic rings. The molecule has 1 saturated carbocycles. The largest absolute Gasteiger partial charge is 0.355 e. The minimum absolute atomic E-state index is 0. The number of unbranched alkanes of at least 4 members (excludes halogenated alkanes) is 1. The minimum atomic E-state index is 0. The number of rotatable bonds is 7. The Morgan fingerprint density at radius 2 is 1.95 bits per heavy atom. The van der Waals surface area contributed by atoms with Crippen LogP contribution in [-0.4, -0.2) is 63.1 Å². The molecule has 114 valence electrons. The average molecular weight is 382 g/mol. The minimum Gasteiger partial charge on any atom is -0.355 e. The number of halogens is 1. The van der Waals surface area contributed by atoms with Gasteiger partial charge in [0, 0.05) is 33.2 Å². The summed E-state index contributed by atoms with van der Waals surface area (Å²) in [4.78, 5) is 8.93. The Morgan fingerprint density at radius 1 is 1.32 bits per heavy atom. The lowest BCUT2D eigenvalue weighted by Gasteiger charge is -2.28. The second kappa shape index (κ2) is 9.80. The first kappa shape index (κ1) is 19.0. The van der Waals surface area contributed by atoms with Crippen molar-refractivity contribution in [3.05, 3.63) is 0 Å². The van der Waals surface area contributed by atoms with Gasteiger partial charge in [-0.05, 0) is 39.3 Å². The third kappa shape index (κ3) is 6.79. The number of hydrogen-bond donors (Lipinski definition) is 1. The molecule has 0 bridgehead atoms. The first-order valence-electron chi connectivity index (χ1n) is 7.18. The summed E-state index contributed by atoms with van der Waals surface area (Å²) in [5.41, 5.74) is 0. The SMILES string of the molecule is CCCCN(C)C(=NC)NCC(C1CC1)N(C)C.I. The van der Waals surface area contributed by atoms with Crippen LogP contribution in [0.1, 0.15) is 32.6 Å². The molecule has 0 amide bonds. The van der Waals surface area contributed by atoms with Crippen LogP contribution in [0.3, 0.4) is 0 Å². The van der Waals surface area contributed by atoms with Crippen LogP contribution in [-0.2, 0) is 0 Å². The monoisotopic (exact) mass is 382 g/mol. The van der Waals surface area contributed by atoms with Gasteiger partial charge in [-0.25, -0.2) is 0 Å². The lowest BCUT2D eigenvalue weighted by atomic mass is 10.1. The third-order valence-corrected chi connectivity index (χ3v) is 3.72. The highest BCUT2D eigenvalue weighted by Crippen LogP contribution is 2.34. The van der Waals surface area contributed by atoms with Gasteiger partial charge in [0.25, 0.3) is 0 Å². The summed E-state index contributed by atoms with van der Waals surface area (Å²) in [6, 6.07) is 0.640. The summed E-state index contributed by atoms with van der Waals surface area (Å²) in [7, 11) is 8.34. The van der Waals surface area contributed by atoms with E-state index in [9.17, 15) is 0 Å². The van der Waals surface area contributed by atoms with Crippen molar-refractivity contribution in [2.24, 2.45) is 10.9 Å². The van der Waals surface area contributed by atoms with Crippen LogP contribution in [0.2, 0.25) is 0 Å². The molecule has 0 aromatic rings.